The predicted octanol–water partition coefficient (Wildman–Crippen LogP) is 3.10. The molecule has 0 radical (unpaired) electrons. The van der Waals surface area contributed by atoms with Crippen LogP contribution in [-0.4, -0.2) is 43.6 Å². The maximum absolute atomic E-state index is 12.3. The fourth-order valence-corrected chi connectivity index (χ4v) is 3.70. The van der Waals surface area contributed by atoms with Gasteiger partial charge in [0, 0.05) is 12.1 Å². The van der Waals surface area contributed by atoms with E-state index in [1.807, 2.05) is 0 Å². The summed E-state index contributed by atoms with van der Waals surface area (Å²) in [5.41, 5.74) is 0.650. The van der Waals surface area contributed by atoms with Gasteiger partial charge in [-0.1, -0.05) is 36.1 Å². The van der Waals surface area contributed by atoms with Crippen LogP contribution in [0.15, 0.2) is 53.4 Å². The van der Waals surface area contributed by atoms with E-state index >= 15 is 0 Å². The third-order valence-electron chi connectivity index (χ3n) is 3.87. The number of carboxylic acids is 1. The van der Waals surface area contributed by atoms with Gasteiger partial charge in [0.2, 0.25) is 0 Å². The van der Waals surface area contributed by atoms with Crippen LogP contribution in [0.1, 0.15) is 15.9 Å². The number of hydrogen-bond donors (Lipinski definition) is 1. The zero-order valence-corrected chi connectivity index (χ0v) is 16.6. The van der Waals surface area contributed by atoms with Gasteiger partial charge in [0.1, 0.15) is 16.6 Å². The van der Waals surface area contributed by atoms with E-state index in [4.69, 9.17) is 22.1 Å². The monoisotopic (exact) mass is 444 g/mol. The molecule has 1 aliphatic rings. The molecular formula is C19H12N2O7S2. The molecule has 9 nitrogen and oxygen atoms in total. The van der Waals surface area contributed by atoms with E-state index < -0.39 is 29.3 Å². The first-order valence-electron chi connectivity index (χ1n) is 8.28. The number of benzene rings is 2. The summed E-state index contributed by atoms with van der Waals surface area (Å²) in [7, 11) is 0. The molecular weight excluding hydrogens is 432 g/mol. The van der Waals surface area contributed by atoms with Crippen molar-refractivity contribution in [3.05, 3.63) is 74.7 Å². The molecule has 1 heterocycles. The quantitative estimate of drug-likeness (QED) is 0.178. The highest BCUT2D eigenvalue weighted by molar-refractivity contribution is 8.26. The molecule has 0 spiro atoms. The number of hydrogen-bond acceptors (Lipinski definition) is 8. The molecule has 0 saturated carbocycles. The number of rotatable bonds is 6. The zero-order valence-electron chi connectivity index (χ0n) is 15.0. The van der Waals surface area contributed by atoms with Gasteiger partial charge in [0.15, 0.2) is 0 Å². The highest BCUT2D eigenvalue weighted by Crippen LogP contribution is 2.32. The second kappa shape index (κ2) is 8.84. The standard InChI is InChI=1S/C19H12N2O7S2/c22-16(23)10-20-17(24)15(30-19(20)29)9-11-1-7-14(8-2-11)28-18(25)12-3-5-13(6-4-12)21(26)27/h1-9H,10H2,(H,22,23)/b15-9+. The van der Waals surface area contributed by atoms with Crippen LogP contribution in [-0.2, 0) is 9.59 Å². The number of nitrogens with zero attached hydrogens (tertiary/aromatic N) is 2. The Bertz CT molecular complexity index is 1080. The molecule has 152 valence electrons. The van der Waals surface area contributed by atoms with Crippen molar-refractivity contribution in [2.24, 2.45) is 0 Å². The maximum Gasteiger partial charge on any atom is 0.343 e. The summed E-state index contributed by atoms with van der Waals surface area (Å²) in [5, 5.41) is 19.5. The highest BCUT2D eigenvalue weighted by Gasteiger charge is 2.33. The lowest BCUT2D eigenvalue weighted by atomic mass is 10.2. The number of nitro groups is 1. The molecule has 30 heavy (non-hydrogen) atoms. The van der Waals surface area contributed by atoms with Crippen LogP contribution in [0.3, 0.4) is 0 Å². The number of thiocarbonyl (C=S) groups is 1. The Labute approximate surface area is 179 Å². The van der Waals surface area contributed by atoms with Crippen LogP contribution >= 0.6 is 24.0 Å². The van der Waals surface area contributed by atoms with E-state index in [9.17, 15) is 24.5 Å². The van der Waals surface area contributed by atoms with Crippen molar-refractivity contribution in [3.8, 4) is 5.75 Å². The van der Waals surface area contributed by atoms with E-state index in [1.54, 1.807) is 18.2 Å². The molecule has 1 amide bonds. The number of carbonyl (C=O) groups is 3. The first-order chi connectivity index (χ1) is 14.2. The van der Waals surface area contributed by atoms with Gasteiger partial charge in [0.05, 0.1) is 15.4 Å². The van der Waals surface area contributed by atoms with Crippen LogP contribution in [0, 0.1) is 10.1 Å². The number of esters is 1. The van der Waals surface area contributed by atoms with Gasteiger partial charge < -0.3 is 9.84 Å². The predicted molar refractivity (Wildman–Crippen MR) is 112 cm³/mol. The molecule has 11 heteroatoms. The molecule has 0 unspecified atom stereocenters. The molecule has 1 N–H and O–H groups in total. The van der Waals surface area contributed by atoms with Crippen molar-refractivity contribution >= 4 is 57.9 Å². The number of ether oxygens (including phenoxy) is 1. The van der Waals surface area contributed by atoms with Gasteiger partial charge in [-0.25, -0.2) is 4.79 Å². The lowest BCUT2D eigenvalue weighted by Gasteiger charge is -2.10. The smallest absolute Gasteiger partial charge is 0.343 e. The lowest BCUT2D eigenvalue weighted by molar-refractivity contribution is -0.384. The summed E-state index contributed by atoms with van der Waals surface area (Å²) in [6.07, 6.45) is 1.56. The van der Waals surface area contributed by atoms with Crippen molar-refractivity contribution in [1.29, 1.82) is 0 Å². The average Bonchev–Trinajstić information content (AvgIpc) is 2.96. The van der Waals surface area contributed by atoms with Crippen LogP contribution in [0.25, 0.3) is 6.08 Å². The van der Waals surface area contributed by atoms with E-state index in [0.717, 1.165) is 16.7 Å². The Balaban J connectivity index is 1.68. The second-order valence-corrected chi connectivity index (χ2v) is 7.60. The third-order valence-corrected chi connectivity index (χ3v) is 5.25. The summed E-state index contributed by atoms with van der Waals surface area (Å²) < 4.78 is 5.40. The number of thioether (sulfide) groups is 1. The molecule has 0 aliphatic carbocycles. The summed E-state index contributed by atoms with van der Waals surface area (Å²) in [6, 6.07) is 11.3. The molecule has 0 aromatic heterocycles. The summed E-state index contributed by atoms with van der Waals surface area (Å²) in [5.74, 6) is -2.08. The van der Waals surface area contributed by atoms with E-state index in [-0.39, 0.29) is 26.2 Å². The number of aliphatic carboxylic acids is 1. The van der Waals surface area contributed by atoms with Crippen LogP contribution in [0.5, 0.6) is 5.75 Å². The molecule has 3 rings (SSSR count). The van der Waals surface area contributed by atoms with Crippen LogP contribution in [0.2, 0.25) is 0 Å². The molecule has 2 aromatic carbocycles. The summed E-state index contributed by atoms with van der Waals surface area (Å²) in [4.78, 5) is 46.6. The Morgan fingerprint density at radius 3 is 2.37 bits per heavy atom. The Morgan fingerprint density at radius 1 is 1.17 bits per heavy atom. The topological polar surface area (TPSA) is 127 Å². The van der Waals surface area contributed by atoms with E-state index in [1.165, 1.54) is 36.4 Å². The Morgan fingerprint density at radius 2 is 1.80 bits per heavy atom. The average molecular weight is 444 g/mol. The SMILES string of the molecule is O=C(O)CN1C(=O)/C(=C\c2ccc(OC(=O)c3ccc([N+](=O)[O-])cc3)cc2)SC1=S. The van der Waals surface area contributed by atoms with Gasteiger partial charge in [-0.05, 0) is 35.9 Å². The number of carboxylic acid groups (broad SMARTS) is 1. The van der Waals surface area contributed by atoms with Gasteiger partial charge in [-0.2, -0.15) is 0 Å². The van der Waals surface area contributed by atoms with Crippen LogP contribution < -0.4 is 4.74 Å². The highest BCUT2D eigenvalue weighted by atomic mass is 32.2. The van der Waals surface area contributed by atoms with Gasteiger partial charge in [-0.3, -0.25) is 24.6 Å². The molecule has 1 saturated heterocycles. The largest absolute Gasteiger partial charge is 0.480 e. The molecule has 1 aliphatic heterocycles. The summed E-state index contributed by atoms with van der Waals surface area (Å²) in [6.45, 7) is -0.500. The summed E-state index contributed by atoms with van der Waals surface area (Å²) >= 11 is 6.04. The van der Waals surface area contributed by atoms with Crippen molar-refractivity contribution in [2.75, 3.05) is 6.54 Å². The number of non-ortho nitro benzene ring substituents is 1. The Kier molecular flexibility index (Phi) is 6.23. The minimum atomic E-state index is -1.16. The minimum absolute atomic E-state index is 0.135. The molecule has 2 aromatic rings. The third kappa shape index (κ3) is 4.88. The number of amides is 1. The lowest BCUT2D eigenvalue weighted by Crippen LogP contribution is -2.33. The van der Waals surface area contributed by atoms with Gasteiger partial charge in [0.25, 0.3) is 11.6 Å². The first kappa shape index (κ1) is 21.1. The molecule has 0 bridgehead atoms. The van der Waals surface area contributed by atoms with E-state index in [2.05, 4.69) is 0 Å². The second-order valence-electron chi connectivity index (χ2n) is 5.92. The van der Waals surface area contributed by atoms with Crippen molar-refractivity contribution in [2.45, 2.75) is 0 Å². The fraction of sp³-hybridized carbons (Fsp3) is 0.0526. The van der Waals surface area contributed by atoms with Gasteiger partial charge in [-0.15, -0.1) is 0 Å². The van der Waals surface area contributed by atoms with Crippen molar-refractivity contribution < 1.29 is 29.2 Å². The van der Waals surface area contributed by atoms with E-state index in [0.29, 0.717) is 5.56 Å². The fourth-order valence-electron chi connectivity index (χ4n) is 2.44. The Hall–Kier alpha value is -3.57. The van der Waals surface area contributed by atoms with Crippen molar-refractivity contribution in [3.63, 3.8) is 0 Å². The zero-order chi connectivity index (χ0) is 21.8. The normalized spacial score (nSPS) is 14.8. The molecule has 0 atom stereocenters. The van der Waals surface area contributed by atoms with Crippen molar-refractivity contribution in [1.82, 2.24) is 4.90 Å². The maximum atomic E-state index is 12.3. The number of carbonyl (C=O) groups excluding carboxylic acids is 2. The minimum Gasteiger partial charge on any atom is -0.480 e. The first-order valence-corrected chi connectivity index (χ1v) is 9.51. The van der Waals surface area contributed by atoms with Gasteiger partial charge >= 0.3 is 11.9 Å². The van der Waals surface area contributed by atoms with Crippen LogP contribution in [0.4, 0.5) is 5.69 Å². The molecule has 1 fully saturated rings. The number of nitro benzene ring substituents is 1.